The summed E-state index contributed by atoms with van der Waals surface area (Å²) in [5, 5.41) is 8.65. The van der Waals surface area contributed by atoms with Gasteiger partial charge in [0.15, 0.2) is 28.9 Å². The van der Waals surface area contributed by atoms with Gasteiger partial charge in [-0.15, -0.1) is 0 Å². The third-order valence-electron chi connectivity index (χ3n) is 14.0. The van der Waals surface area contributed by atoms with Crippen molar-refractivity contribution in [2.24, 2.45) is 28.7 Å². The second-order valence-electron chi connectivity index (χ2n) is 20.1. The van der Waals surface area contributed by atoms with Gasteiger partial charge in [-0.1, -0.05) is 30.7 Å². The van der Waals surface area contributed by atoms with Gasteiger partial charge in [-0.2, -0.15) is 0 Å². The van der Waals surface area contributed by atoms with E-state index in [1.165, 1.54) is 47.5 Å². The summed E-state index contributed by atoms with van der Waals surface area (Å²) < 4.78 is 22.0. The molecule has 4 aromatic carbocycles. The van der Waals surface area contributed by atoms with Crippen molar-refractivity contribution in [2.75, 3.05) is 54.6 Å². The van der Waals surface area contributed by atoms with Crippen molar-refractivity contribution in [1.82, 2.24) is 16.0 Å². The molecule has 20 nitrogen and oxygen atoms in total. The number of carbonyl (C=O) groups excluding carboxylic acids is 8. The van der Waals surface area contributed by atoms with Gasteiger partial charge < -0.3 is 63.6 Å². The van der Waals surface area contributed by atoms with Crippen LogP contribution in [-0.4, -0.2) is 125 Å². The highest BCUT2D eigenvalue weighted by atomic mass is 16.5. The van der Waals surface area contributed by atoms with Crippen molar-refractivity contribution < 1.29 is 57.3 Å². The van der Waals surface area contributed by atoms with Crippen LogP contribution in [0.25, 0.3) is 0 Å². The molecule has 0 unspecified atom stereocenters. The van der Waals surface area contributed by atoms with Crippen LogP contribution in [0.3, 0.4) is 0 Å². The minimum Gasteiger partial charge on any atom is -0.496 e. The minimum absolute atomic E-state index is 0.00390. The monoisotopic (exact) mass is 1120 g/mol. The Bertz CT molecular complexity index is 2790. The number of amides is 3. The molecule has 0 bridgehead atoms. The van der Waals surface area contributed by atoms with Crippen molar-refractivity contribution in [3.63, 3.8) is 0 Å². The molecular formula is C61H84N8O12. The number of methoxy groups -OCH3 is 4. The Hall–Kier alpha value is -7.36. The van der Waals surface area contributed by atoms with Gasteiger partial charge in [-0.05, 0) is 175 Å². The number of ketones is 5. The summed E-state index contributed by atoms with van der Waals surface area (Å²) in [5.41, 5.74) is 31.8. The highest BCUT2D eigenvalue weighted by molar-refractivity contribution is 6.03. The van der Waals surface area contributed by atoms with Crippen molar-refractivity contribution in [2.45, 2.75) is 134 Å². The molecule has 0 saturated heterocycles. The number of benzene rings is 4. The molecule has 3 amide bonds. The normalized spacial score (nSPS) is 12.5. The first-order valence-corrected chi connectivity index (χ1v) is 27.7. The van der Waals surface area contributed by atoms with Crippen LogP contribution < -0.4 is 63.6 Å². The van der Waals surface area contributed by atoms with E-state index in [0.29, 0.717) is 118 Å². The number of ether oxygens (including phenoxy) is 4. The summed E-state index contributed by atoms with van der Waals surface area (Å²) in [6.07, 6.45) is 5.64. The lowest BCUT2D eigenvalue weighted by molar-refractivity contribution is -0.121. The summed E-state index contributed by atoms with van der Waals surface area (Å²) in [4.78, 5) is 110. The molecule has 4 rings (SSSR count). The summed E-state index contributed by atoms with van der Waals surface area (Å²) in [6.45, 7) is 3.03. The SMILES string of the molecule is COc1ccc(CC(=O)[C@H](CCCCN)NC(=O)c2cc(CC(=O)[C@H](CCCCN)NC(=O)c3cc(CC(=O)[C@H](CCCCN)NC(=O)c4cc(CC(=O)[C@@H](N)CCCCN)ccc4OC)ccc3OC)ccc2OC)cc1C(C)=O. The fraction of sp³-hybridized carbons (Fsp3) is 0.475. The molecule has 0 aromatic heterocycles. The summed E-state index contributed by atoms with van der Waals surface area (Å²) in [7, 11) is 5.66. The largest absolute Gasteiger partial charge is 0.496 e. The summed E-state index contributed by atoms with van der Waals surface area (Å²) in [5.74, 6) is -2.25. The van der Waals surface area contributed by atoms with Crippen LogP contribution in [0, 0.1) is 0 Å². The number of rotatable bonds is 39. The fourth-order valence-electron chi connectivity index (χ4n) is 9.37. The van der Waals surface area contributed by atoms with E-state index < -0.39 is 41.9 Å². The van der Waals surface area contributed by atoms with Gasteiger partial charge in [0.25, 0.3) is 17.7 Å². The second-order valence-corrected chi connectivity index (χ2v) is 20.1. The lowest BCUT2D eigenvalue weighted by atomic mass is 9.95. The Morgan fingerprint density at radius 1 is 0.383 bits per heavy atom. The molecule has 0 saturated carbocycles. The van der Waals surface area contributed by atoms with Crippen molar-refractivity contribution in [3.8, 4) is 23.0 Å². The first kappa shape index (κ1) is 66.2. The highest BCUT2D eigenvalue weighted by Gasteiger charge is 2.29. The second kappa shape index (κ2) is 34.7. The number of nitrogens with two attached hydrogens (primary N) is 5. The number of carbonyl (C=O) groups is 8. The third kappa shape index (κ3) is 20.6. The van der Waals surface area contributed by atoms with Crippen LogP contribution in [0.5, 0.6) is 23.0 Å². The first-order chi connectivity index (χ1) is 38.9. The topological polar surface area (TPSA) is 340 Å². The lowest BCUT2D eigenvalue weighted by Gasteiger charge is -2.21. The average Bonchev–Trinajstić information content (AvgIpc) is 3.48. The number of nitrogens with one attached hydrogen (secondary N) is 3. The first-order valence-electron chi connectivity index (χ1n) is 27.7. The molecule has 81 heavy (non-hydrogen) atoms. The smallest absolute Gasteiger partial charge is 0.255 e. The molecule has 0 fully saturated rings. The maximum atomic E-state index is 14.3. The van der Waals surface area contributed by atoms with Gasteiger partial charge in [-0.3, -0.25) is 38.4 Å². The summed E-state index contributed by atoms with van der Waals surface area (Å²) in [6, 6.07) is 15.6. The molecule has 0 heterocycles. The highest BCUT2D eigenvalue weighted by Crippen LogP contribution is 2.27. The maximum Gasteiger partial charge on any atom is 0.255 e. The van der Waals surface area contributed by atoms with E-state index in [0.717, 1.165) is 6.42 Å². The van der Waals surface area contributed by atoms with Gasteiger partial charge >= 0.3 is 0 Å². The quantitative estimate of drug-likeness (QED) is 0.0223. The van der Waals surface area contributed by atoms with Crippen molar-refractivity contribution in [1.29, 1.82) is 0 Å². The standard InChI is InChI=1S/C61H84N8O12/c1-38(70)43-30-39(18-22-55(43)78-2)35-52(72)48(15-7-11-27-63)67-60(76)45-32-41(20-24-57(45)80-4)37-54(74)50(17-9-13-29-65)69-61(77)46-33-42(21-25-58(46)81-5)36-53(73)49(16-8-12-28-64)68-59(75)44-31-40(19-23-56(44)79-3)34-51(71)47(66)14-6-10-26-62/h18-25,30-33,47-50H,6-17,26-29,34-37,62-66H2,1-5H3,(H,67,76)(H,68,75)(H,69,77)/t47-,48-,49-,50-/m0/s1. The van der Waals surface area contributed by atoms with Crippen LogP contribution in [0.15, 0.2) is 72.8 Å². The molecule has 4 atom stereocenters. The predicted octanol–water partition coefficient (Wildman–Crippen LogP) is 4.61. The van der Waals surface area contributed by atoms with Crippen LogP contribution in [0.2, 0.25) is 0 Å². The van der Waals surface area contributed by atoms with Crippen LogP contribution in [0.4, 0.5) is 0 Å². The molecule has 0 aliphatic heterocycles. The Morgan fingerprint density at radius 3 is 0.914 bits per heavy atom. The van der Waals surface area contributed by atoms with E-state index in [9.17, 15) is 38.4 Å². The zero-order valence-corrected chi connectivity index (χ0v) is 47.7. The average molecular weight is 1120 g/mol. The number of Topliss-reactive ketones (excluding diaryl/α,β-unsaturated/α-hetero) is 5. The molecule has 440 valence electrons. The molecule has 13 N–H and O–H groups in total. The van der Waals surface area contributed by atoms with Crippen molar-refractivity contribution in [3.05, 3.63) is 117 Å². The van der Waals surface area contributed by atoms with E-state index in [1.54, 1.807) is 60.7 Å². The van der Waals surface area contributed by atoms with E-state index in [2.05, 4.69) is 16.0 Å². The lowest BCUT2D eigenvalue weighted by Crippen LogP contribution is -2.42. The van der Waals surface area contributed by atoms with Gasteiger partial charge in [0.2, 0.25) is 0 Å². The summed E-state index contributed by atoms with van der Waals surface area (Å²) >= 11 is 0. The molecule has 0 spiro atoms. The predicted molar refractivity (Wildman–Crippen MR) is 310 cm³/mol. The number of unbranched alkanes of at least 4 members (excludes halogenated alkanes) is 4. The fourth-order valence-corrected chi connectivity index (χ4v) is 9.37. The zero-order valence-electron chi connectivity index (χ0n) is 47.7. The molecule has 4 aromatic rings. The van der Waals surface area contributed by atoms with Gasteiger partial charge in [0, 0.05) is 25.7 Å². The molecule has 0 radical (unpaired) electrons. The number of hydrogen-bond donors (Lipinski definition) is 8. The Morgan fingerprint density at radius 2 is 0.642 bits per heavy atom. The number of hydrogen-bond acceptors (Lipinski definition) is 17. The van der Waals surface area contributed by atoms with Gasteiger partial charge in [0.1, 0.15) is 23.0 Å². The Labute approximate surface area is 475 Å². The molecule has 0 aliphatic carbocycles. The van der Waals surface area contributed by atoms with E-state index >= 15 is 0 Å². The molecule has 20 heteroatoms. The Kier molecular flexibility index (Phi) is 28.3. The molecular weight excluding hydrogens is 1040 g/mol. The van der Waals surface area contributed by atoms with E-state index in [1.807, 2.05) is 0 Å². The van der Waals surface area contributed by atoms with Crippen molar-refractivity contribution >= 4 is 46.6 Å². The minimum atomic E-state index is -1.02. The maximum absolute atomic E-state index is 14.3. The van der Waals surface area contributed by atoms with Gasteiger partial charge in [0.05, 0.1) is 74.9 Å². The van der Waals surface area contributed by atoms with Crippen LogP contribution >= 0.6 is 0 Å². The van der Waals surface area contributed by atoms with E-state index in [-0.39, 0.29) is 101 Å². The third-order valence-corrected chi connectivity index (χ3v) is 14.0. The van der Waals surface area contributed by atoms with Crippen LogP contribution in [-0.2, 0) is 44.9 Å². The van der Waals surface area contributed by atoms with E-state index in [4.69, 9.17) is 47.6 Å². The zero-order chi connectivity index (χ0) is 59.4. The molecule has 0 aliphatic rings. The van der Waals surface area contributed by atoms with Gasteiger partial charge in [-0.25, -0.2) is 0 Å². The Balaban J connectivity index is 1.55. The van der Waals surface area contributed by atoms with Crippen LogP contribution in [0.1, 0.15) is 148 Å².